The Kier molecular flexibility index (Phi) is 3.54. The molecule has 0 aromatic carbocycles. The molecule has 0 spiro atoms. The zero-order chi connectivity index (χ0) is 11.4. The van der Waals surface area contributed by atoms with Crippen LogP contribution in [0.3, 0.4) is 0 Å². The van der Waals surface area contributed by atoms with Gasteiger partial charge >= 0.3 is 5.97 Å². The van der Waals surface area contributed by atoms with Gasteiger partial charge < -0.3 is 4.84 Å². The summed E-state index contributed by atoms with van der Waals surface area (Å²) in [5.74, 6) is -1.72. The molecule has 0 radical (unpaired) electrons. The lowest BCUT2D eigenvalue weighted by molar-refractivity contribution is -0.192. The third-order valence-corrected chi connectivity index (χ3v) is 2.02. The van der Waals surface area contributed by atoms with Crippen LogP contribution in [0.5, 0.6) is 0 Å². The van der Waals surface area contributed by atoms with Gasteiger partial charge in [-0.1, -0.05) is 6.92 Å². The molecule has 1 saturated heterocycles. The van der Waals surface area contributed by atoms with Gasteiger partial charge in [0.15, 0.2) is 0 Å². The van der Waals surface area contributed by atoms with Crippen molar-refractivity contribution in [3.63, 3.8) is 0 Å². The highest BCUT2D eigenvalue weighted by atomic mass is 16.7. The van der Waals surface area contributed by atoms with Crippen molar-refractivity contribution in [2.75, 3.05) is 7.05 Å². The Balaban J connectivity index is 2.66. The number of nitrogens with zero attached hydrogens (tertiary/aromatic N) is 2. The molecule has 82 valence electrons. The lowest BCUT2D eigenvalue weighted by atomic mass is 10.3. The first-order chi connectivity index (χ1) is 7.10. The van der Waals surface area contributed by atoms with Crippen LogP contribution < -0.4 is 0 Å². The van der Waals surface area contributed by atoms with E-state index in [1.807, 2.05) is 0 Å². The summed E-state index contributed by atoms with van der Waals surface area (Å²) >= 11 is 0. The normalized spacial score (nSPS) is 17.2. The van der Waals surface area contributed by atoms with E-state index in [2.05, 4.69) is 9.83 Å². The summed E-state index contributed by atoms with van der Waals surface area (Å²) in [5, 5.41) is 0.517. The first-order valence-electron chi connectivity index (χ1n) is 4.63. The highest BCUT2D eigenvalue weighted by molar-refractivity contribution is 6.36. The SMILES string of the molecule is CCC(=NC)C(=O)ON1C(=O)CCC1=O. The third kappa shape index (κ3) is 2.39. The molecule has 0 N–H and O–H groups in total. The Bertz CT molecular complexity index is 319. The monoisotopic (exact) mass is 212 g/mol. The summed E-state index contributed by atoms with van der Waals surface area (Å²) in [5.41, 5.74) is 0.197. The average molecular weight is 212 g/mol. The summed E-state index contributed by atoms with van der Waals surface area (Å²) in [6.07, 6.45) is 0.583. The molecule has 2 amide bonds. The van der Waals surface area contributed by atoms with Crippen molar-refractivity contribution in [2.45, 2.75) is 26.2 Å². The molecule has 0 atom stereocenters. The lowest BCUT2D eigenvalue weighted by Gasteiger charge is -2.12. The standard InChI is InChI=1S/C9H12N2O4/c1-3-6(10-2)9(14)15-11-7(12)4-5-8(11)13/h3-5H2,1-2H3. The van der Waals surface area contributed by atoms with Crippen LogP contribution in [0, 0.1) is 0 Å². The van der Waals surface area contributed by atoms with Crippen molar-refractivity contribution in [3.05, 3.63) is 0 Å². The minimum Gasteiger partial charge on any atom is -0.324 e. The fourth-order valence-corrected chi connectivity index (χ4v) is 1.19. The third-order valence-electron chi connectivity index (χ3n) is 2.02. The van der Waals surface area contributed by atoms with Crippen LogP contribution in [0.4, 0.5) is 0 Å². The van der Waals surface area contributed by atoms with Crippen LogP contribution in [0.15, 0.2) is 4.99 Å². The Morgan fingerprint density at radius 2 is 1.93 bits per heavy atom. The van der Waals surface area contributed by atoms with Crippen molar-refractivity contribution in [1.82, 2.24) is 5.06 Å². The second-order valence-corrected chi connectivity index (χ2v) is 2.98. The summed E-state index contributed by atoms with van der Waals surface area (Å²) in [4.78, 5) is 41.9. The predicted octanol–water partition coefficient (Wildman–Crippen LogP) is 0.0744. The number of hydroxylamine groups is 2. The van der Waals surface area contributed by atoms with Gasteiger partial charge in [-0.3, -0.25) is 14.6 Å². The molecule has 1 aliphatic rings. The number of rotatable bonds is 3. The molecule has 1 aliphatic heterocycles. The highest BCUT2D eigenvalue weighted by Crippen LogP contribution is 2.12. The Hall–Kier alpha value is -1.72. The lowest BCUT2D eigenvalue weighted by Crippen LogP contribution is -2.34. The summed E-state index contributed by atoms with van der Waals surface area (Å²) in [6, 6.07) is 0. The van der Waals surface area contributed by atoms with E-state index in [0.717, 1.165) is 0 Å². The average Bonchev–Trinajstić information content (AvgIpc) is 2.51. The second kappa shape index (κ2) is 4.68. The van der Waals surface area contributed by atoms with Crippen molar-refractivity contribution in [1.29, 1.82) is 0 Å². The van der Waals surface area contributed by atoms with Gasteiger partial charge in [0.1, 0.15) is 5.71 Å². The molecule has 0 aliphatic carbocycles. The molecule has 15 heavy (non-hydrogen) atoms. The van der Waals surface area contributed by atoms with Crippen molar-refractivity contribution in [2.24, 2.45) is 4.99 Å². The van der Waals surface area contributed by atoms with Gasteiger partial charge in [-0.25, -0.2) is 4.79 Å². The summed E-state index contributed by atoms with van der Waals surface area (Å²) in [6.45, 7) is 1.73. The van der Waals surface area contributed by atoms with Crippen molar-refractivity contribution >= 4 is 23.5 Å². The van der Waals surface area contributed by atoms with Gasteiger partial charge in [-0.15, -0.1) is 5.06 Å². The van der Waals surface area contributed by atoms with Gasteiger partial charge in [0.2, 0.25) is 0 Å². The number of carbonyl (C=O) groups excluding carboxylic acids is 3. The van der Waals surface area contributed by atoms with E-state index in [4.69, 9.17) is 0 Å². The zero-order valence-electron chi connectivity index (χ0n) is 8.65. The molecule has 0 aromatic heterocycles. The Morgan fingerprint density at radius 3 is 2.33 bits per heavy atom. The maximum Gasteiger partial charge on any atom is 0.377 e. The van der Waals surface area contributed by atoms with Gasteiger partial charge in [0, 0.05) is 19.9 Å². The molecule has 1 fully saturated rings. The van der Waals surface area contributed by atoms with Crippen LogP contribution >= 0.6 is 0 Å². The van der Waals surface area contributed by atoms with E-state index < -0.39 is 17.8 Å². The van der Waals surface area contributed by atoms with E-state index in [1.165, 1.54) is 7.05 Å². The first-order valence-corrected chi connectivity index (χ1v) is 4.63. The molecule has 0 aromatic rings. The Labute approximate surface area is 86.9 Å². The van der Waals surface area contributed by atoms with Crippen LogP contribution in [0.25, 0.3) is 0 Å². The quantitative estimate of drug-likeness (QED) is 0.490. The largest absolute Gasteiger partial charge is 0.377 e. The van der Waals surface area contributed by atoms with Crippen LogP contribution in [0.1, 0.15) is 26.2 Å². The van der Waals surface area contributed by atoms with Crippen LogP contribution in [-0.4, -0.2) is 35.6 Å². The number of hydrogen-bond donors (Lipinski definition) is 0. The second-order valence-electron chi connectivity index (χ2n) is 2.98. The van der Waals surface area contributed by atoms with Crippen molar-refractivity contribution in [3.8, 4) is 0 Å². The van der Waals surface area contributed by atoms with Gasteiger partial charge in [0.05, 0.1) is 0 Å². The predicted molar refractivity (Wildman–Crippen MR) is 50.8 cm³/mol. The fourth-order valence-electron chi connectivity index (χ4n) is 1.19. The minimum atomic E-state index is -0.747. The number of imide groups is 1. The number of carbonyl (C=O) groups is 3. The van der Waals surface area contributed by atoms with Gasteiger partial charge in [-0.05, 0) is 6.42 Å². The fraction of sp³-hybridized carbons (Fsp3) is 0.556. The maximum absolute atomic E-state index is 11.4. The van der Waals surface area contributed by atoms with E-state index in [1.54, 1.807) is 6.92 Å². The number of amides is 2. The number of aliphatic imine (C=N–C) groups is 1. The number of hydrogen-bond acceptors (Lipinski definition) is 5. The maximum atomic E-state index is 11.4. The molecule has 0 bridgehead atoms. The van der Waals surface area contributed by atoms with Crippen LogP contribution in [0.2, 0.25) is 0 Å². The van der Waals surface area contributed by atoms with E-state index in [0.29, 0.717) is 11.5 Å². The van der Waals surface area contributed by atoms with E-state index in [-0.39, 0.29) is 18.6 Å². The van der Waals surface area contributed by atoms with E-state index in [9.17, 15) is 14.4 Å². The summed E-state index contributed by atoms with van der Waals surface area (Å²) in [7, 11) is 1.45. The first kappa shape index (κ1) is 11.4. The van der Waals surface area contributed by atoms with Gasteiger partial charge in [-0.2, -0.15) is 0 Å². The molecule has 0 unspecified atom stereocenters. The molecule has 1 heterocycles. The Morgan fingerprint density at radius 1 is 1.40 bits per heavy atom. The molecule has 6 nitrogen and oxygen atoms in total. The zero-order valence-corrected chi connectivity index (χ0v) is 8.65. The molecule has 1 rings (SSSR count). The summed E-state index contributed by atoms with van der Waals surface area (Å²) < 4.78 is 0. The molecule has 6 heteroatoms. The van der Waals surface area contributed by atoms with Crippen molar-refractivity contribution < 1.29 is 19.2 Å². The topological polar surface area (TPSA) is 76.0 Å². The van der Waals surface area contributed by atoms with E-state index >= 15 is 0 Å². The molecule has 0 saturated carbocycles. The van der Waals surface area contributed by atoms with Gasteiger partial charge in [0.25, 0.3) is 11.8 Å². The smallest absolute Gasteiger partial charge is 0.324 e. The molecular weight excluding hydrogens is 200 g/mol. The van der Waals surface area contributed by atoms with Crippen LogP contribution in [-0.2, 0) is 19.2 Å². The highest BCUT2D eigenvalue weighted by Gasteiger charge is 2.33. The molecular formula is C9H12N2O4. The minimum absolute atomic E-state index is 0.0941.